The lowest BCUT2D eigenvalue weighted by Gasteiger charge is -2.40. The second-order valence-electron chi connectivity index (χ2n) is 6.95. The lowest BCUT2D eigenvalue weighted by molar-refractivity contribution is -0.118. The van der Waals surface area contributed by atoms with Gasteiger partial charge in [-0.2, -0.15) is 0 Å². The second kappa shape index (κ2) is 6.49. The monoisotopic (exact) mass is 317 g/mol. The number of aliphatic hydroxyl groups excluding tert-OH is 1. The van der Waals surface area contributed by atoms with Crippen LogP contribution in [-0.2, 0) is 11.2 Å². The molecular weight excluding hydrogens is 290 g/mol. The van der Waals surface area contributed by atoms with E-state index in [4.69, 9.17) is 0 Å². The molecule has 5 heteroatoms. The van der Waals surface area contributed by atoms with E-state index in [1.54, 1.807) is 4.90 Å². The molecule has 0 radical (unpaired) electrons. The molecule has 0 aliphatic carbocycles. The number of carbonyl (C=O) groups is 1. The van der Waals surface area contributed by atoms with E-state index in [9.17, 15) is 9.90 Å². The van der Waals surface area contributed by atoms with Gasteiger partial charge in [0.05, 0.1) is 0 Å². The van der Waals surface area contributed by atoms with Crippen molar-refractivity contribution in [1.29, 1.82) is 0 Å². The van der Waals surface area contributed by atoms with Crippen molar-refractivity contribution in [2.75, 3.05) is 43.0 Å². The molecule has 2 aliphatic rings. The van der Waals surface area contributed by atoms with E-state index in [1.165, 1.54) is 11.3 Å². The van der Waals surface area contributed by atoms with Gasteiger partial charge in [-0.05, 0) is 36.1 Å². The summed E-state index contributed by atoms with van der Waals surface area (Å²) >= 11 is 0. The van der Waals surface area contributed by atoms with Crippen molar-refractivity contribution in [2.45, 2.75) is 32.9 Å². The molecule has 1 amide bonds. The molecule has 0 aromatic heterocycles. The standard InChI is InChI=1S/C18H27N3O2/c1-13(2)18(23)21-10-8-20(9-11-21)15-5-6-16-14(12-15)4-7-17(22)19(16)3/h5-6,12-13,18,23H,4,7-11H2,1-3H3. The second-order valence-corrected chi connectivity index (χ2v) is 6.95. The van der Waals surface area contributed by atoms with Gasteiger partial charge in [0.1, 0.15) is 6.23 Å². The molecule has 1 unspecified atom stereocenters. The first-order chi connectivity index (χ1) is 11.0. The van der Waals surface area contributed by atoms with Gasteiger partial charge in [0.2, 0.25) is 5.91 Å². The van der Waals surface area contributed by atoms with Gasteiger partial charge in [0.15, 0.2) is 0 Å². The van der Waals surface area contributed by atoms with Gasteiger partial charge in [-0.1, -0.05) is 13.8 Å². The topological polar surface area (TPSA) is 47.0 Å². The third kappa shape index (κ3) is 3.21. The van der Waals surface area contributed by atoms with Crippen molar-refractivity contribution in [3.8, 4) is 0 Å². The lowest BCUT2D eigenvalue weighted by Crippen LogP contribution is -2.51. The van der Waals surface area contributed by atoms with Crippen LogP contribution in [0, 0.1) is 5.92 Å². The van der Waals surface area contributed by atoms with Crippen LogP contribution >= 0.6 is 0 Å². The lowest BCUT2D eigenvalue weighted by atomic mass is 10.0. The molecule has 0 bridgehead atoms. The minimum Gasteiger partial charge on any atom is -0.378 e. The molecule has 2 aliphatic heterocycles. The molecule has 126 valence electrons. The van der Waals surface area contributed by atoms with Gasteiger partial charge in [0.25, 0.3) is 0 Å². The normalized spacial score (nSPS) is 20.8. The summed E-state index contributed by atoms with van der Waals surface area (Å²) in [6, 6.07) is 6.41. The van der Waals surface area contributed by atoms with E-state index in [0.29, 0.717) is 6.42 Å². The van der Waals surface area contributed by atoms with Crippen LogP contribution in [0.1, 0.15) is 25.8 Å². The predicted octanol–water partition coefficient (Wildman–Crippen LogP) is 1.69. The van der Waals surface area contributed by atoms with E-state index in [0.717, 1.165) is 38.3 Å². The average molecular weight is 317 g/mol. The first-order valence-corrected chi connectivity index (χ1v) is 8.54. The van der Waals surface area contributed by atoms with Gasteiger partial charge in [-0.3, -0.25) is 9.69 Å². The molecular formula is C18H27N3O2. The number of carbonyl (C=O) groups excluding carboxylic acids is 1. The minimum absolute atomic E-state index is 0.196. The number of hydrogen-bond donors (Lipinski definition) is 1. The third-order valence-corrected chi connectivity index (χ3v) is 5.06. The number of aryl methyl sites for hydroxylation is 1. The molecule has 3 rings (SSSR count). The fourth-order valence-corrected chi connectivity index (χ4v) is 3.51. The highest BCUT2D eigenvalue weighted by Gasteiger charge is 2.26. The Balaban J connectivity index is 1.69. The molecule has 1 atom stereocenters. The van der Waals surface area contributed by atoms with Crippen LogP contribution in [0.3, 0.4) is 0 Å². The fourth-order valence-electron chi connectivity index (χ4n) is 3.51. The number of amides is 1. The molecule has 1 aromatic carbocycles. The highest BCUT2D eigenvalue weighted by molar-refractivity contribution is 5.96. The quantitative estimate of drug-likeness (QED) is 0.922. The Bertz CT molecular complexity index is 580. The predicted molar refractivity (Wildman–Crippen MR) is 92.8 cm³/mol. The van der Waals surface area contributed by atoms with E-state index < -0.39 is 0 Å². The Hall–Kier alpha value is -1.59. The zero-order valence-corrected chi connectivity index (χ0v) is 14.3. The number of piperazine rings is 1. The van der Waals surface area contributed by atoms with Gasteiger partial charge in [-0.15, -0.1) is 0 Å². The van der Waals surface area contributed by atoms with Crippen LogP contribution in [0.4, 0.5) is 11.4 Å². The Morgan fingerprint density at radius 1 is 1.09 bits per heavy atom. The molecule has 1 N–H and O–H groups in total. The van der Waals surface area contributed by atoms with E-state index in [1.807, 2.05) is 7.05 Å². The highest BCUT2D eigenvalue weighted by atomic mass is 16.3. The summed E-state index contributed by atoms with van der Waals surface area (Å²) in [6.07, 6.45) is 1.08. The molecule has 23 heavy (non-hydrogen) atoms. The van der Waals surface area contributed by atoms with Crippen LogP contribution in [-0.4, -0.2) is 55.4 Å². The molecule has 1 aromatic rings. The summed E-state index contributed by atoms with van der Waals surface area (Å²) in [5.74, 6) is 0.458. The van der Waals surface area contributed by atoms with E-state index in [-0.39, 0.29) is 18.1 Å². The van der Waals surface area contributed by atoms with Gasteiger partial charge in [0, 0.05) is 51.0 Å². The summed E-state index contributed by atoms with van der Waals surface area (Å²) in [7, 11) is 1.85. The minimum atomic E-state index is -0.347. The molecule has 0 saturated carbocycles. The maximum absolute atomic E-state index is 11.8. The SMILES string of the molecule is CC(C)C(O)N1CCN(c2ccc3c(c2)CCC(=O)N3C)CC1. The van der Waals surface area contributed by atoms with Crippen LogP contribution in [0.2, 0.25) is 0 Å². The molecule has 1 fully saturated rings. The summed E-state index contributed by atoms with van der Waals surface area (Å²) in [5, 5.41) is 10.2. The number of nitrogens with zero attached hydrogens (tertiary/aromatic N) is 3. The average Bonchev–Trinajstić information content (AvgIpc) is 2.57. The number of aliphatic hydroxyl groups is 1. The van der Waals surface area contributed by atoms with Crippen molar-refractivity contribution >= 4 is 17.3 Å². The van der Waals surface area contributed by atoms with E-state index >= 15 is 0 Å². The smallest absolute Gasteiger partial charge is 0.227 e. The van der Waals surface area contributed by atoms with Crippen molar-refractivity contribution < 1.29 is 9.90 Å². The third-order valence-electron chi connectivity index (χ3n) is 5.06. The Morgan fingerprint density at radius 2 is 1.78 bits per heavy atom. The molecule has 5 nitrogen and oxygen atoms in total. The van der Waals surface area contributed by atoms with Gasteiger partial charge >= 0.3 is 0 Å². The van der Waals surface area contributed by atoms with Gasteiger partial charge < -0.3 is 14.9 Å². The summed E-state index contributed by atoms with van der Waals surface area (Å²) in [5.41, 5.74) is 3.53. The molecule has 2 heterocycles. The molecule has 0 spiro atoms. The zero-order valence-electron chi connectivity index (χ0n) is 14.3. The first-order valence-electron chi connectivity index (χ1n) is 8.54. The zero-order chi connectivity index (χ0) is 16.6. The number of anilines is 2. The van der Waals surface area contributed by atoms with Crippen LogP contribution in [0.25, 0.3) is 0 Å². The van der Waals surface area contributed by atoms with Crippen molar-refractivity contribution in [3.05, 3.63) is 23.8 Å². The van der Waals surface area contributed by atoms with Crippen molar-refractivity contribution in [1.82, 2.24) is 4.90 Å². The summed E-state index contributed by atoms with van der Waals surface area (Å²) < 4.78 is 0. The van der Waals surface area contributed by atoms with Gasteiger partial charge in [-0.25, -0.2) is 0 Å². The highest BCUT2D eigenvalue weighted by Crippen LogP contribution is 2.31. The fraction of sp³-hybridized carbons (Fsp3) is 0.611. The Labute approximate surface area is 138 Å². The number of benzene rings is 1. The Kier molecular flexibility index (Phi) is 4.60. The van der Waals surface area contributed by atoms with Crippen molar-refractivity contribution in [2.24, 2.45) is 5.92 Å². The number of fused-ring (bicyclic) bond motifs is 1. The maximum Gasteiger partial charge on any atom is 0.227 e. The number of rotatable bonds is 3. The Morgan fingerprint density at radius 3 is 2.43 bits per heavy atom. The largest absolute Gasteiger partial charge is 0.378 e. The summed E-state index contributed by atoms with van der Waals surface area (Å²) in [6.45, 7) is 7.73. The van der Waals surface area contributed by atoms with Crippen LogP contribution in [0.5, 0.6) is 0 Å². The first kappa shape index (κ1) is 16.3. The van der Waals surface area contributed by atoms with Crippen LogP contribution in [0.15, 0.2) is 18.2 Å². The van der Waals surface area contributed by atoms with Crippen molar-refractivity contribution in [3.63, 3.8) is 0 Å². The van der Waals surface area contributed by atoms with E-state index in [2.05, 4.69) is 41.8 Å². The number of hydrogen-bond acceptors (Lipinski definition) is 4. The summed E-state index contributed by atoms with van der Waals surface area (Å²) in [4.78, 5) is 18.1. The van der Waals surface area contributed by atoms with Crippen LogP contribution < -0.4 is 9.80 Å². The molecule has 1 saturated heterocycles. The maximum atomic E-state index is 11.8.